The average molecular weight is 254 g/mol. The van der Waals surface area contributed by atoms with E-state index in [0.717, 1.165) is 12.4 Å². The van der Waals surface area contributed by atoms with Crippen LogP contribution in [0.1, 0.15) is 41.5 Å². The zero-order valence-corrected chi connectivity index (χ0v) is 12.3. The highest BCUT2D eigenvalue weighted by molar-refractivity contribution is 5.91. The highest BCUT2D eigenvalue weighted by Gasteiger charge is 2.27. The Morgan fingerprint density at radius 2 is 1.61 bits per heavy atom. The minimum atomic E-state index is -0.777. The summed E-state index contributed by atoms with van der Waals surface area (Å²) >= 11 is 0. The van der Waals surface area contributed by atoms with Gasteiger partial charge in [-0.15, -0.1) is 0 Å². The number of nitrogens with one attached hydrogen (secondary N) is 2. The molecule has 0 aliphatic carbocycles. The van der Waals surface area contributed by atoms with Gasteiger partial charge in [0.15, 0.2) is 0 Å². The monoisotopic (exact) mass is 254 g/mol. The van der Waals surface area contributed by atoms with Crippen molar-refractivity contribution in [1.82, 2.24) is 5.32 Å². The van der Waals surface area contributed by atoms with Gasteiger partial charge in [-0.2, -0.15) is 10.2 Å². The van der Waals surface area contributed by atoms with E-state index < -0.39 is 11.1 Å². The van der Waals surface area contributed by atoms with Crippen molar-refractivity contribution in [1.29, 1.82) is 5.41 Å². The van der Waals surface area contributed by atoms with Crippen LogP contribution in [-0.2, 0) is 0 Å². The number of nitrogens with zero attached hydrogens (tertiary/aromatic N) is 3. The third-order valence-corrected chi connectivity index (χ3v) is 2.45. The lowest BCUT2D eigenvalue weighted by Gasteiger charge is -2.24. The SMILES string of the molecule is CCN=C(NCC)C(C)(C)N=NC(C)(C)C(=N)N. The number of hydrogen-bond donors (Lipinski definition) is 3. The lowest BCUT2D eigenvalue weighted by atomic mass is 10.0. The summed E-state index contributed by atoms with van der Waals surface area (Å²) in [6.45, 7) is 12.9. The summed E-state index contributed by atoms with van der Waals surface area (Å²) in [6, 6.07) is 0. The van der Waals surface area contributed by atoms with E-state index in [-0.39, 0.29) is 5.84 Å². The number of aliphatic imine (C=N–C) groups is 1. The molecule has 4 N–H and O–H groups in total. The third-order valence-electron chi connectivity index (χ3n) is 2.45. The molecule has 0 spiro atoms. The minimum Gasteiger partial charge on any atom is -0.386 e. The number of azo groups is 1. The van der Waals surface area contributed by atoms with Crippen LogP contribution in [0.4, 0.5) is 0 Å². The Bertz CT molecular complexity index is 340. The van der Waals surface area contributed by atoms with Crippen LogP contribution in [0.5, 0.6) is 0 Å². The van der Waals surface area contributed by atoms with Crippen molar-refractivity contribution >= 4 is 11.7 Å². The second-order valence-electron chi connectivity index (χ2n) is 5.08. The van der Waals surface area contributed by atoms with Gasteiger partial charge < -0.3 is 11.1 Å². The molecule has 0 amide bonds. The minimum absolute atomic E-state index is 0.000481. The van der Waals surface area contributed by atoms with Crippen molar-refractivity contribution < 1.29 is 0 Å². The quantitative estimate of drug-likeness (QED) is 0.383. The molecule has 0 radical (unpaired) electrons. The molecular formula is C12H26N6. The normalized spacial score (nSPS) is 14.0. The first-order valence-electron chi connectivity index (χ1n) is 6.24. The lowest BCUT2D eigenvalue weighted by molar-refractivity contribution is 0.550. The van der Waals surface area contributed by atoms with Gasteiger partial charge in [-0.25, -0.2) is 0 Å². The molecule has 0 fully saturated rings. The standard InChI is InChI=1S/C12H26N6/c1-7-15-10(16-8-2)12(5,6)18-17-11(3,4)9(13)14/h7-8H2,1-6H3,(H3,13,14)(H,15,16). The Kier molecular flexibility index (Phi) is 5.94. The topological polar surface area (TPSA) is 99.0 Å². The van der Waals surface area contributed by atoms with Crippen molar-refractivity contribution in [2.45, 2.75) is 52.6 Å². The Morgan fingerprint density at radius 1 is 1.11 bits per heavy atom. The van der Waals surface area contributed by atoms with Gasteiger partial charge in [-0.1, -0.05) is 0 Å². The van der Waals surface area contributed by atoms with Gasteiger partial charge >= 0.3 is 0 Å². The zero-order valence-electron chi connectivity index (χ0n) is 12.3. The van der Waals surface area contributed by atoms with Crippen LogP contribution >= 0.6 is 0 Å². The first-order chi connectivity index (χ1) is 8.17. The summed E-state index contributed by atoms with van der Waals surface area (Å²) in [4.78, 5) is 4.40. The van der Waals surface area contributed by atoms with E-state index in [4.69, 9.17) is 11.1 Å². The molecule has 18 heavy (non-hydrogen) atoms. The summed E-state index contributed by atoms with van der Waals surface area (Å²) in [6.07, 6.45) is 0. The molecule has 0 aromatic rings. The van der Waals surface area contributed by atoms with E-state index in [0.29, 0.717) is 6.54 Å². The molecule has 0 rings (SSSR count). The molecule has 6 nitrogen and oxygen atoms in total. The second-order valence-corrected chi connectivity index (χ2v) is 5.08. The predicted molar refractivity (Wildman–Crippen MR) is 76.6 cm³/mol. The van der Waals surface area contributed by atoms with Crippen molar-refractivity contribution in [2.24, 2.45) is 21.0 Å². The van der Waals surface area contributed by atoms with Gasteiger partial charge in [0.2, 0.25) is 0 Å². The van der Waals surface area contributed by atoms with Crippen LogP contribution in [0.15, 0.2) is 15.2 Å². The van der Waals surface area contributed by atoms with E-state index in [1.165, 1.54) is 0 Å². The molecule has 0 bridgehead atoms. The average Bonchev–Trinajstić information content (AvgIpc) is 2.26. The van der Waals surface area contributed by atoms with Gasteiger partial charge in [-0.3, -0.25) is 10.4 Å². The van der Waals surface area contributed by atoms with Gasteiger partial charge in [-0.05, 0) is 41.5 Å². The number of likely N-dealkylation sites (N-methyl/N-ethyl adjacent to an activating group) is 1. The summed E-state index contributed by atoms with van der Waals surface area (Å²) in [5, 5.41) is 19.1. The van der Waals surface area contributed by atoms with Crippen LogP contribution in [-0.4, -0.2) is 35.8 Å². The molecule has 0 atom stereocenters. The molecule has 0 aromatic heterocycles. The summed E-state index contributed by atoms with van der Waals surface area (Å²) in [7, 11) is 0. The maximum absolute atomic E-state index is 7.45. The first kappa shape index (κ1) is 16.5. The first-order valence-corrected chi connectivity index (χ1v) is 6.24. The fourth-order valence-corrected chi connectivity index (χ4v) is 1.14. The molecule has 0 heterocycles. The molecular weight excluding hydrogens is 228 g/mol. The fraction of sp³-hybridized carbons (Fsp3) is 0.833. The summed E-state index contributed by atoms with van der Waals surface area (Å²) < 4.78 is 0. The molecule has 104 valence electrons. The van der Waals surface area contributed by atoms with Gasteiger partial charge in [0.25, 0.3) is 0 Å². The third kappa shape index (κ3) is 4.81. The van der Waals surface area contributed by atoms with Crippen molar-refractivity contribution in [3.63, 3.8) is 0 Å². The number of hydrogen-bond acceptors (Lipinski definition) is 4. The Labute approximate surface area is 110 Å². The predicted octanol–water partition coefficient (Wildman–Crippen LogP) is 1.96. The second kappa shape index (κ2) is 6.47. The van der Waals surface area contributed by atoms with Crippen LogP contribution in [0.3, 0.4) is 0 Å². The van der Waals surface area contributed by atoms with Gasteiger partial charge in [0.1, 0.15) is 22.7 Å². The summed E-state index contributed by atoms with van der Waals surface area (Å²) in [5.74, 6) is 0.801. The Balaban J connectivity index is 5.08. The Hall–Kier alpha value is -1.46. The zero-order chi connectivity index (χ0) is 14.4. The van der Waals surface area contributed by atoms with Crippen LogP contribution in [0.2, 0.25) is 0 Å². The van der Waals surface area contributed by atoms with E-state index in [9.17, 15) is 0 Å². The van der Waals surface area contributed by atoms with Crippen molar-refractivity contribution in [3.05, 3.63) is 0 Å². The molecule has 6 heteroatoms. The van der Waals surface area contributed by atoms with Crippen LogP contribution in [0, 0.1) is 5.41 Å². The largest absolute Gasteiger partial charge is 0.386 e. The van der Waals surface area contributed by atoms with E-state index >= 15 is 0 Å². The molecule has 0 aromatic carbocycles. The molecule has 0 unspecified atom stereocenters. The molecule has 0 saturated heterocycles. The van der Waals surface area contributed by atoms with Gasteiger partial charge in [0, 0.05) is 13.1 Å². The maximum atomic E-state index is 7.45. The Morgan fingerprint density at radius 3 is 2.00 bits per heavy atom. The highest BCUT2D eigenvalue weighted by Crippen LogP contribution is 2.16. The number of nitrogens with two attached hydrogens (primary N) is 1. The molecule has 0 aliphatic heterocycles. The lowest BCUT2D eigenvalue weighted by Crippen LogP contribution is -2.42. The maximum Gasteiger partial charge on any atom is 0.133 e. The van der Waals surface area contributed by atoms with E-state index in [2.05, 4.69) is 20.5 Å². The fourth-order valence-electron chi connectivity index (χ4n) is 1.14. The molecule has 0 saturated carbocycles. The van der Waals surface area contributed by atoms with E-state index in [1.807, 2.05) is 27.7 Å². The molecule has 0 aliphatic rings. The number of amidine groups is 2. The van der Waals surface area contributed by atoms with Crippen LogP contribution in [0.25, 0.3) is 0 Å². The van der Waals surface area contributed by atoms with E-state index in [1.54, 1.807) is 13.8 Å². The highest BCUT2D eigenvalue weighted by atomic mass is 15.2. The smallest absolute Gasteiger partial charge is 0.133 e. The van der Waals surface area contributed by atoms with Gasteiger partial charge in [0.05, 0.1) is 0 Å². The van der Waals surface area contributed by atoms with Crippen molar-refractivity contribution in [2.75, 3.05) is 13.1 Å². The van der Waals surface area contributed by atoms with Crippen molar-refractivity contribution in [3.8, 4) is 0 Å². The van der Waals surface area contributed by atoms with Crippen LogP contribution < -0.4 is 11.1 Å². The summed E-state index contributed by atoms with van der Waals surface area (Å²) in [5.41, 5.74) is 4.16. The number of rotatable bonds is 6.